The molecule has 2 aromatic rings. The van der Waals surface area contributed by atoms with E-state index in [0.29, 0.717) is 5.41 Å². The first-order valence-electron chi connectivity index (χ1n) is 5.86. The number of aromatic amines is 1. The Morgan fingerprint density at radius 2 is 1.87 bits per heavy atom. The molecule has 15 heavy (non-hydrogen) atoms. The molecule has 0 unspecified atom stereocenters. The lowest BCUT2D eigenvalue weighted by Gasteiger charge is -2.22. The lowest BCUT2D eigenvalue weighted by Crippen LogP contribution is -2.17. The molecule has 1 fully saturated rings. The maximum atomic E-state index is 3.50. The number of benzene rings is 1. The van der Waals surface area contributed by atoms with E-state index < -0.39 is 0 Å². The van der Waals surface area contributed by atoms with E-state index in [-0.39, 0.29) is 0 Å². The molecule has 1 aromatic carbocycles. The lowest BCUT2D eigenvalue weighted by molar-refractivity contribution is 0.482. The van der Waals surface area contributed by atoms with Gasteiger partial charge in [0, 0.05) is 22.7 Å². The molecular weight excluding hydrogens is 182 g/mol. The topological polar surface area (TPSA) is 15.8 Å². The van der Waals surface area contributed by atoms with Crippen LogP contribution in [0.2, 0.25) is 0 Å². The van der Waals surface area contributed by atoms with Crippen LogP contribution in [0.3, 0.4) is 0 Å². The Labute approximate surface area is 90.5 Å². The molecule has 0 spiro atoms. The van der Waals surface area contributed by atoms with Crippen molar-refractivity contribution < 1.29 is 0 Å². The second-order valence-electron chi connectivity index (χ2n) is 5.02. The molecule has 0 radical (unpaired) electrons. The summed E-state index contributed by atoms with van der Waals surface area (Å²) in [5.41, 5.74) is 1.85. The van der Waals surface area contributed by atoms with E-state index in [9.17, 15) is 0 Å². The summed E-state index contributed by atoms with van der Waals surface area (Å²) in [6, 6.07) is 8.67. The highest BCUT2D eigenvalue weighted by Gasteiger charge is 2.32. The number of aromatic nitrogens is 1. The average Bonchev–Trinajstić information content (AvgIpc) is 2.84. The Hall–Kier alpha value is -1.24. The van der Waals surface area contributed by atoms with Crippen LogP contribution in [0.5, 0.6) is 0 Å². The van der Waals surface area contributed by atoms with E-state index >= 15 is 0 Å². The van der Waals surface area contributed by atoms with Crippen LogP contribution in [0.4, 0.5) is 0 Å². The van der Waals surface area contributed by atoms with Crippen molar-refractivity contribution in [2.24, 2.45) is 0 Å². The van der Waals surface area contributed by atoms with Crippen molar-refractivity contribution in [2.75, 3.05) is 0 Å². The number of hydrogen-bond donors (Lipinski definition) is 1. The first-order valence-corrected chi connectivity index (χ1v) is 5.86. The SMILES string of the molecule is CC1(c2[nH]cc3ccccc23)CCCC1. The molecule has 1 nitrogen and oxygen atoms in total. The summed E-state index contributed by atoms with van der Waals surface area (Å²) in [5.74, 6) is 0. The second-order valence-corrected chi connectivity index (χ2v) is 5.02. The van der Waals surface area contributed by atoms with Gasteiger partial charge in [-0.2, -0.15) is 0 Å². The molecule has 0 amide bonds. The molecule has 1 N–H and O–H groups in total. The van der Waals surface area contributed by atoms with E-state index in [1.54, 1.807) is 0 Å². The molecule has 1 saturated carbocycles. The van der Waals surface area contributed by atoms with Gasteiger partial charge >= 0.3 is 0 Å². The molecule has 1 heterocycles. The van der Waals surface area contributed by atoms with Crippen LogP contribution in [0.1, 0.15) is 38.3 Å². The summed E-state index contributed by atoms with van der Waals surface area (Å²) < 4.78 is 0. The fraction of sp³-hybridized carbons (Fsp3) is 0.429. The predicted octanol–water partition coefficient (Wildman–Crippen LogP) is 4.00. The predicted molar refractivity (Wildman–Crippen MR) is 64.1 cm³/mol. The highest BCUT2D eigenvalue weighted by atomic mass is 14.7. The molecule has 0 saturated heterocycles. The molecular formula is C14H17N. The normalized spacial score (nSPS) is 19.8. The van der Waals surface area contributed by atoms with Crippen LogP contribution in [0.25, 0.3) is 10.8 Å². The first-order chi connectivity index (χ1) is 7.30. The third-order valence-corrected chi connectivity index (χ3v) is 3.91. The highest BCUT2D eigenvalue weighted by Crippen LogP contribution is 2.42. The summed E-state index contributed by atoms with van der Waals surface area (Å²) in [4.78, 5) is 3.50. The third kappa shape index (κ3) is 1.30. The van der Waals surface area contributed by atoms with Gasteiger partial charge < -0.3 is 4.98 Å². The van der Waals surface area contributed by atoms with E-state index in [0.717, 1.165) is 0 Å². The van der Waals surface area contributed by atoms with Gasteiger partial charge in [0.05, 0.1) is 0 Å². The van der Waals surface area contributed by atoms with E-state index in [1.807, 2.05) is 0 Å². The van der Waals surface area contributed by atoms with Crippen molar-refractivity contribution >= 4 is 10.8 Å². The summed E-state index contributed by atoms with van der Waals surface area (Å²) in [6.45, 7) is 2.40. The van der Waals surface area contributed by atoms with Gasteiger partial charge in [-0.3, -0.25) is 0 Å². The van der Waals surface area contributed by atoms with Crippen molar-refractivity contribution in [3.05, 3.63) is 36.2 Å². The zero-order valence-corrected chi connectivity index (χ0v) is 9.22. The van der Waals surface area contributed by atoms with Crippen LogP contribution in [-0.4, -0.2) is 4.98 Å². The highest BCUT2D eigenvalue weighted by molar-refractivity contribution is 5.86. The zero-order chi connectivity index (χ0) is 10.3. The fourth-order valence-corrected chi connectivity index (χ4v) is 2.98. The summed E-state index contributed by atoms with van der Waals surface area (Å²) >= 11 is 0. The number of hydrogen-bond acceptors (Lipinski definition) is 0. The summed E-state index contributed by atoms with van der Waals surface area (Å²) in [5, 5.41) is 2.77. The monoisotopic (exact) mass is 199 g/mol. The van der Waals surface area contributed by atoms with E-state index in [1.165, 1.54) is 42.1 Å². The summed E-state index contributed by atoms with van der Waals surface area (Å²) in [6.07, 6.45) is 7.57. The second kappa shape index (κ2) is 3.13. The molecule has 3 rings (SSSR count). The van der Waals surface area contributed by atoms with Crippen molar-refractivity contribution in [3.8, 4) is 0 Å². The minimum Gasteiger partial charge on any atom is -0.363 e. The van der Waals surface area contributed by atoms with Gasteiger partial charge in [-0.25, -0.2) is 0 Å². The van der Waals surface area contributed by atoms with Crippen LogP contribution < -0.4 is 0 Å². The van der Waals surface area contributed by atoms with Crippen LogP contribution in [0, 0.1) is 0 Å². The maximum absolute atomic E-state index is 3.50. The number of H-pyrrole nitrogens is 1. The Kier molecular flexibility index (Phi) is 1.88. The van der Waals surface area contributed by atoms with Crippen molar-refractivity contribution in [1.82, 2.24) is 4.98 Å². The minimum absolute atomic E-state index is 0.392. The maximum Gasteiger partial charge on any atom is 0.0287 e. The van der Waals surface area contributed by atoms with E-state index in [2.05, 4.69) is 42.4 Å². The Morgan fingerprint density at radius 1 is 1.13 bits per heavy atom. The number of rotatable bonds is 1. The van der Waals surface area contributed by atoms with E-state index in [4.69, 9.17) is 0 Å². The lowest BCUT2D eigenvalue weighted by atomic mass is 9.83. The summed E-state index contributed by atoms with van der Waals surface area (Å²) in [7, 11) is 0. The minimum atomic E-state index is 0.392. The fourth-order valence-electron chi connectivity index (χ4n) is 2.98. The first kappa shape index (κ1) is 9.02. The molecule has 0 aliphatic heterocycles. The molecule has 0 atom stereocenters. The van der Waals surface area contributed by atoms with Gasteiger partial charge in [0.25, 0.3) is 0 Å². The molecule has 1 aliphatic carbocycles. The van der Waals surface area contributed by atoms with Crippen LogP contribution in [-0.2, 0) is 5.41 Å². The van der Waals surface area contributed by atoms with Gasteiger partial charge in [0.2, 0.25) is 0 Å². The third-order valence-electron chi connectivity index (χ3n) is 3.91. The Balaban J connectivity index is 2.18. The van der Waals surface area contributed by atoms with Crippen LogP contribution >= 0.6 is 0 Å². The van der Waals surface area contributed by atoms with Crippen molar-refractivity contribution in [3.63, 3.8) is 0 Å². The molecule has 78 valence electrons. The largest absolute Gasteiger partial charge is 0.363 e. The molecule has 1 heteroatoms. The quantitative estimate of drug-likeness (QED) is 0.714. The smallest absolute Gasteiger partial charge is 0.0287 e. The standard InChI is InChI=1S/C14H17N/c1-14(8-4-5-9-14)13-12-7-3-2-6-11(12)10-15-13/h2-3,6-7,10,15H,4-5,8-9H2,1H3. The zero-order valence-electron chi connectivity index (χ0n) is 9.22. The Bertz CT molecular complexity index is 475. The van der Waals surface area contributed by atoms with Gasteiger partial charge in [0.15, 0.2) is 0 Å². The van der Waals surface area contributed by atoms with Crippen molar-refractivity contribution in [1.29, 1.82) is 0 Å². The molecule has 1 aliphatic rings. The number of fused-ring (bicyclic) bond motifs is 1. The van der Waals surface area contributed by atoms with Gasteiger partial charge in [0.1, 0.15) is 0 Å². The molecule has 1 aromatic heterocycles. The van der Waals surface area contributed by atoms with Gasteiger partial charge in [-0.15, -0.1) is 0 Å². The van der Waals surface area contributed by atoms with Gasteiger partial charge in [-0.05, 0) is 18.2 Å². The van der Waals surface area contributed by atoms with Crippen molar-refractivity contribution in [2.45, 2.75) is 38.0 Å². The van der Waals surface area contributed by atoms with Gasteiger partial charge in [-0.1, -0.05) is 44.0 Å². The van der Waals surface area contributed by atoms with Crippen LogP contribution in [0.15, 0.2) is 30.5 Å². The Morgan fingerprint density at radius 3 is 2.67 bits per heavy atom. The molecule has 0 bridgehead atoms. The average molecular weight is 199 g/mol. The number of nitrogens with one attached hydrogen (secondary N) is 1.